The van der Waals surface area contributed by atoms with Crippen molar-refractivity contribution in [1.82, 2.24) is 5.32 Å². The monoisotopic (exact) mass is 301 g/mol. The maximum absolute atomic E-state index is 12.1. The van der Waals surface area contributed by atoms with Crippen LogP contribution < -0.4 is 10.1 Å². The number of rotatable bonds is 7. The highest BCUT2D eigenvalue weighted by atomic mass is 16.5. The molecule has 2 aliphatic carbocycles. The molecule has 2 saturated carbocycles. The van der Waals surface area contributed by atoms with E-state index in [9.17, 15) is 4.79 Å². The third-order valence-electron chi connectivity index (χ3n) is 5.38. The minimum absolute atomic E-state index is 0.173. The Kier molecular flexibility index (Phi) is 5.01. The zero-order valence-electron chi connectivity index (χ0n) is 13.5. The first kappa shape index (κ1) is 15.4. The van der Waals surface area contributed by atoms with E-state index in [2.05, 4.69) is 12.2 Å². The second kappa shape index (κ2) is 7.17. The van der Waals surface area contributed by atoms with Gasteiger partial charge in [-0.05, 0) is 62.5 Å². The summed E-state index contributed by atoms with van der Waals surface area (Å²) in [5.41, 5.74) is 0. The second-order valence-electron chi connectivity index (χ2n) is 6.96. The molecule has 0 aliphatic heterocycles. The van der Waals surface area contributed by atoms with E-state index in [0.717, 1.165) is 24.0 Å². The molecule has 3 heteroatoms. The van der Waals surface area contributed by atoms with Crippen LogP contribution in [0.4, 0.5) is 0 Å². The number of nitrogens with one attached hydrogen (secondary N) is 1. The van der Waals surface area contributed by atoms with Crippen LogP contribution in [0, 0.1) is 17.8 Å². The topological polar surface area (TPSA) is 38.3 Å². The minimum atomic E-state index is 0.173. The van der Waals surface area contributed by atoms with Crippen molar-refractivity contribution in [3.63, 3.8) is 0 Å². The van der Waals surface area contributed by atoms with Gasteiger partial charge in [0.2, 0.25) is 5.91 Å². The molecule has 0 aromatic heterocycles. The van der Waals surface area contributed by atoms with Gasteiger partial charge >= 0.3 is 0 Å². The number of ether oxygens (including phenoxy) is 1. The number of hydrogen-bond donors (Lipinski definition) is 1. The molecule has 1 aromatic rings. The summed E-state index contributed by atoms with van der Waals surface area (Å²) in [6, 6.07) is 10.1. The first-order valence-electron chi connectivity index (χ1n) is 8.69. The Hall–Kier alpha value is -1.51. The lowest BCUT2D eigenvalue weighted by molar-refractivity contribution is -0.122. The maximum atomic E-state index is 12.1. The SMILES string of the molecule is C[C@H](NC(=O)CCCOc1ccccc1)[C@H]1C[C@H]2CC[C@H]1C2. The van der Waals surface area contributed by atoms with Crippen molar-refractivity contribution in [3.05, 3.63) is 30.3 Å². The summed E-state index contributed by atoms with van der Waals surface area (Å²) in [7, 11) is 0. The van der Waals surface area contributed by atoms with E-state index >= 15 is 0 Å². The number of hydrogen-bond acceptors (Lipinski definition) is 2. The average Bonchev–Trinajstić information content (AvgIpc) is 3.15. The van der Waals surface area contributed by atoms with Gasteiger partial charge in [-0.15, -0.1) is 0 Å². The highest BCUT2D eigenvalue weighted by Gasteiger charge is 2.41. The first-order valence-corrected chi connectivity index (χ1v) is 8.69. The molecule has 3 nitrogen and oxygen atoms in total. The molecule has 2 fully saturated rings. The fraction of sp³-hybridized carbons (Fsp3) is 0.632. The zero-order chi connectivity index (χ0) is 15.4. The molecule has 1 N–H and O–H groups in total. The van der Waals surface area contributed by atoms with Crippen molar-refractivity contribution in [2.75, 3.05) is 6.61 Å². The van der Waals surface area contributed by atoms with Crippen molar-refractivity contribution in [2.45, 2.75) is 51.5 Å². The van der Waals surface area contributed by atoms with Gasteiger partial charge in [0.25, 0.3) is 0 Å². The summed E-state index contributed by atoms with van der Waals surface area (Å²) < 4.78 is 5.62. The Labute approximate surface area is 133 Å². The lowest BCUT2D eigenvalue weighted by Crippen LogP contribution is -2.40. The van der Waals surface area contributed by atoms with E-state index < -0.39 is 0 Å². The van der Waals surface area contributed by atoms with Crippen molar-refractivity contribution in [1.29, 1.82) is 0 Å². The van der Waals surface area contributed by atoms with Crippen LogP contribution in [-0.4, -0.2) is 18.6 Å². The van der Waals surface area contributed by atoms with E-state index in [1.165, 1.54) is 25.7 Å². The lowest BCUT2D eigenvalue weighted by Gasteiger charge is -2.28. The molecule has 0 heterocycles. The van der Waals surface area contributed by atoms with Gasteiger partial charge in [-0.3, -0.25) is 4.79 Å². The summed E-state index contributed by atoms with van der Waals surface area (Å²) in [6.45, 7) is 2.78. The van der Waals surface area contributed by atoms with Gasteiger partial charge in [-0.1, -0.05) is 24.6 Å². The number of carbonyl (C=O) groups is 1. The molecule has 4 atom stereocenters. The van der Waals surface area contributed by atoms with Crippen LogP contribution in [0.3, 0.4) is 0 Å². The van der Waals surface area contributed by atoms with E-state index in [0.29, 0.717) is 25.0 Å². The maximum Gasteiger partial charge on any atom is 0.220 e. The Balaban J connectivity index is 1.32. The Morgan fingerprint density at radius 2 is 2.09 bits per heavy atom. The molecule has 0 unspecified atom stereocenters. The van der Waals surface area contributed by atoms with E-state index in [1.807, 2.05) is 30.3 Å². The molecular weight excluding hydrogens is 274 g/mol. The molecule has 0 radical (unpaired) electrons. The Morgan fingerprint density at radius 1 is 1.27 bits per heavy atom. The van der Waals surface area contributed by atoms with Gasteiger partial charge in [0.05, 0.1) is 6.61 Å². The van der Waals surface area contributed by atoms with Crippen LogP contribution in [0.15, 0.2) is 30.3 Å². The van der Waals surface area contributed by atoms with Crippen molar-refractivity contribution in [2.24, 2.45) is 17.8 Å². The van der Waals surface area contributed by atoms with E-state index in [4.69, 9.17) is 4.74 Å². The van der Waals surface area contributed by atoms with Crippen LogP contribution in [0.2, 0.25) is 0 Å². The Morgan fingerprint density at radius 3 is 2.77 bits per heavy atom. The molecule has 3 rings (SSSR count). The number of benzene rings is 1. The van der Waals surface area contributed by atoms with Crippen LogP contribution in [-0.2, 0) is 4.79 Å². The van der Waals surface area contributed by atoms with Crippen LogP contribution >= 0.6 is 0 Å². The zero-order valence-corrected chi connectivity index (χ0v) is 13.5. The molecule has 1 amide bonds. The molecule has 2 bridgehead atoms. The fourth-order valence-electron chi connectivity index (χ4n) is 4.28. The van der Waals surface area contributed by atoms with Crippen molar-refractivity contribution >= 4 is 5.91 Å². The number of para-hydroxylation sites is 1. The predicted octanol–water partition coefficient (Wildman–Crippen LogP) is 3.79. The normalized spacial score (nSPS) is 27.6. The smallest absolute Gasteiger partial charge is 0.220 e. The number of carbonyl (C=O) groups excluding carboxylic acids is 1. The second-order valence-corrected chi connectivity index (χ2v) is 6.96. The third kappa shape index (κ3) is 3.82. The molecule has 0 spiro atoms. The molecule has 2 aliphatic rings. The molecule has 1 aromatic carbocycles. The summed E-state index contributed by atoms with van der Waals surface area (Å²) in [5.74, 6) is 3.56. The van der Waals surface area contributed by atoms with Crippen LogP contribution in [0.5, 0.6) is 5.75 Å². The van der Waals surface area contributed by atoms with Crippen LogP contribution in [0.1, 0.15) is 45.4 Å². The van der Waals surface area contributed by atoms with Gasteiger partial charge in [-0.2, -0.15) is 0 Å². The van der Waals surface area contributed by atoms with Gasteiger partial charge in [0.15, 0.2) is 0 Å². The van der Waals surface area contributed by atoms with Gasteiger partial charge in [0, 0.05) is 12.5 Å². The third-order valence-corrected chi connectivity index (χ3v) is 5.38. The molecule has 22 heavy (non-hydrogen) atoms. The van der Waals surface area contributed by atoms with Gasteiger partial charge < -0.3 is 10.1 Å². The van der Waals surface area contributed by atoms with Gasteiger partial charge in [0.1, 0.15) is 5.75 Å². The average molecular weight is 301 g/mol. The first-order chi connectivity index (χ1) is 10.7. The van der Waals surface area contributed by atoms with Crippen molar-refractivity contribution < 1.29 is 9.53 Å². The summed E-state index contributed by atoms with van der Waals surface area (Å²) in [6.07, 6.45) is 6.83. The summed E-state index contributed by atoms with van der Waals surface area (Å²) in [5, 5.41) is 3.21. The number of amides is 1. The van der Waals surface area contributed by atoms with Gasteiger partial charge in [-0.25, -0.2) is 0 Å². The molecular formula is C19H27NO2. The lowest BCUT2D eigenvalue weighted by atomic mass is 9.84. The predicted molar refractivity (Wildman–Crippen MR) is 87.7 cm³/mol. The van der Waals surface area contributed by atoms with E-state index in [-0.39, 0.29) is 5.91 Å². The minimum Gasteiger partial charge on any atom is -0.494 e. The van der Waals surface area contributed by atoms with Crippen LogP contribution in [0.25, 0.3) is 0 Å². The summed E-state index contributed by atoms with van der Waals surface area (Å²) in [4.78, 5) is 12.1. The van der Waals surface area contributed by atoms with E-state index in [1.54, 1.807) is 0 Å². The fourth-order valence-corrected chi connectivity index (χ4v) is 4.28. The van der Waals surface area contributed by atoms with Crippen molar-refractivity contribution in [3.8, 4) is 5.75 Å². The highest BCUT2D eigenvalue weighted by molar-refractivity contribution is 5.76. The quantitative estimate of drug-likeness (QED) is 0.778. The molecule has 120 valence electrons. The molecule has 0 saturated heterocycles. The Bertz CT molecular complexity index is 487. The number of fused-ring (bicyclic) bond motifs is 2. The summed E-state index contributed by atoms with van der Waals surface area (Å²) >= 11 is 0. The standard InChI is InChI=1S/C19H27NO2/c1-14(18-13-15-9-10-16(18)12-15)20-19(21)8-5-11-22-17-6-3-2-4-7-17/h2-4,6-7,14-16,18H,5,8-13H2,1H3,(H,20,21)/t14-,15-,16-,18+/m0/s1. The highest BCUT2D eigenvalue weighted by Crippen LogP contribution is 2.49. The largest absolute Gasteiger partial charge is 0.494 e.